The zero-order chi connectivity index (χ0) is 13.8. The van der Waals surface area contributed by atoms with Gasteiger partial charge in [0.05, 0.1) is 0 Å². The third-order valence-electron chi connectivity index (χ3n) is 3.76. The summed E-state index contributed by atoms with van der Waals surface area (Å²) in [5.74, 6) is 1.59. The molecule has 0 bridgehead atoms. The Morgan fingerprint density at radius 3 is 2.75 bits per heavy atom. The van der Waals surface area contributed by atoms with Crippen molar-refractivity contribution < 1.29 is 0 Å². The highest BCUT2D eigenvalue weighted by Gasteiger charge is 2.18. The minimum Gasteiger partial charge on any atom is -0.349 e. The molecule has 1 aromatic carbocycles. The molecule has 1 saturated heterocycles. The Morgan fingerprint density at radius 1 is 1.25 bits per heavy atom. The summed E-state index contributed by atoms with van der Waals surface area (Å²) < 4.78 is 4.40. The quantitative estimate of drug-likeness (QED) is 0.936. The molecule has 106 valence electrons. The second-order valence-electron chi connectivity index (χ2n) is 5.41. The lowest BCUT2D eigenvalue weighted by atomic mass is 10.00. The number of benzene rings is 1. The number of hydrogen-bond acceptors (Lipinski definition) is 5. The largest absolute Gasteiger partial charge is 0.349 e. The van der Waals surface area contributed by atoms with E-state index < -0.39 is 0 Å². The van der Waals surface area contributed by atoms with Crippen LogP contribution in [0.5, 0.6) is 0 Å². The lowest BCUT2D eigenvalue weighted by Crippen LogP contribution is -2.32. The zero-order valence-electron chi connectivity index (χ0n) is 11.7. The molecule has 0 radical (unpaired) electrons. The van der Waals surface area contributed by atoms with Gasteiger partial charge < -0.3 is 10.2 Å². The third kappa shape index (κ3) is 3.28. The van der Waals surface area contributed by atoms with Gasteiger partial charge in [-0.1, -0.05) is 37.3 Å². The molecule has 0 spiro atoms. The van der Waals surface area contributed by atoms with Crippen molar-refractivity contribution in [3.63, 3.8) is 0 Å². The van der Waals surface area contributed by atoms with Crippen molar-refractivity contribution in [3.8, 4) is 0 Å². The maximum Gasteiger partial charge on any atom is 0.236 e. The van der Waals surface area contributed by atoms with E-state index in [1.54, 1.807) is 0 Å². The van der Waals surface area contributed by atoms with E-state index in [-0.39, 0.29) is 0 Å². The van der Waals surface area contributed by atoms with E-state index in [9.17, 15) is 0 Å². The van der Waals surface area contributed by atoms with Gasteiger partial charge in [0.25, 0.3) is 0 Å². The van der Waals surface area contributed by atoms with Gasteiger partial charge in [-0.05, 0) is 24.3 Å². The first-order valence-corrected chi connectivity index (χ1v) is 7.95. The van der Waals surface area contributed by atoms with Crippen molar-refractivity contribution in [2.24, 2.45) is 5.92 Å². The molecule has 1 aromatic heterocycles. The fourth-order valence-corrected chi connectivity index (χ4v) is 3.09. The fourth-order valence-electron chi connectivity index (χ4n) is 2.39. The Bertz CT molecular complexity index is 532. The van der Waals surface area contributed by atoms with Crippen LogP contribution in [0.3, 0.4) is 0 Å². The van der Waals surface area contributed by atoms with Crippen LogP contribution in [-0.4, -0.2) is 22.4 Å². The number of aromatic nitrogens is 2. The van der Waals surface area contributed by atoms with Crippen molar-refractivity contribution in [1.82, 2.24) is 9.36 Å². The Kier molecular flexibility index (Phi) is 4.16. The van der Waals surface area contributed by atoms with Gasteiger partial charge in [0.2, 0.25) is 11.1 Å². The molecule has 1 aliphatic rings. The van der Waals surface area contributed by atoms with Crippen molar-refractivity contribution in [3.05, 3.63) is 35.9 Å². The van der Waals surface area contributed by atoms with Gasteiger partial charge >= 0.3 is 0 Å². The lowest BCUT2D eigenvalue weighted by Gasteiger charge is -2.29. The molecule has 0 atom stereocenters. The molecule has 1 N–H and O–H groups in total. The summed E-state index contributed by atoms with van der Waals surface area (Å²) in [6.45, 7) is 5.31. The van der Waals surface area contributed by atoms with Crippen LogP contribution in [0.25, 0.3) is 0 Å². The summed E-state index contributed by atoms with van der Waals surface area (Å²) in [6, 6.07) is 10.3. The Hall–Kier alpha value is -1.62. The topological polar surface area (TPSA) is 41.1 Å². The average molecular weight is 288 g/mol. The van der Waals surface area contributed by atoms with E-state index in [0.717, 1.165) is 36.6 Å². The maximum atomic E-state index is 4.60. The SMILES string of the molecule is CC1CCN(c2nc(NCc3ccccc3)ns2)CC1. The first-order chi connectivity index (χ1) is 9.81. The average Bonchev–Trinajstić information content (AvgIpc) is 2.96. The highest BCUT2D eigenvalue weighted by atomic mass is 32.1. The molecule has 0 unspecified atom stereocenters. The molecule has 0 aliphatic carbocycles. The van der Waals surface area contributed by atoms with Crippen LogP contribution in [0.4, 0.5) is 11.1 Å². The van der Waals surface area contributed by atoms with Gasteiger partial charge in [-0.25, -0.2) is 0 Å². The first-order valence-electron chi connectivity index (χ1n) is 7.18. The van der Waals surface area contributed by atoms with Crippen molar-refractivity contribution in [2.75, 3.05) is 23.3 Å². The van der Waals surface area contributed by atoms with Crippen LogP contribution < -0.4 is 10.2 Å². The van der Waals surface area contributed by atoms with Crippen molar-refractivity contribution in [2.45, 2.75) is 26.3 Å². The number of hydrogen-bond donors (Lipinski definition) is 1. The maximum absolute atomic E-state index is 4.60. The summed E-state index contributed by atoms with van der Waals surface area (Å²) in [6.07, 6.45) is 2.51. The van der Waals surface area contributed by atoms with E-state index in [1.165, 1.54) is 29.9 Å². The van der Waals surface area contributed by atoms with E-state index in [2.05, 4.69) is 38.6 Å². The molecule has 0 saturated carbocycles. The Labute approximate surface area is 124 Å². The Balaban J connectivity index is 1.57. The van der Waals surface area contributed by atoms with Gasteiger partial charge in [-0.15, -0.1) is 0 Å². The van der Waals surface area contributed by atoms with E-state index >= 15 is 0 Å². The number of piperidine rings is 1. The number of anilines is 2. The lowest BCUT2D eigenvalue weighted by molar-refractivity contribution is 0.438. The molecule has 0 amide bonds. The molecule has 5 heteroatoms. The van der Waals surface area contributed by atoms with E-state index in [0.29, 0.717) is 0 Å². The summed E-state index contributed by atoms with van der Waals surface area (Å²) in [5, 5.41) is 4.34. The summed E-state index contributed by atoms with van der Waals surface area (Å²) in [4.78, 5) is 6.95. The van der Waals surface area contributed by atoms with Crippen LogP contribution >= 0.6 is 11.5 Å². The van der Waals surface area contributed by atoms with E-state index in [4.69, 9.17) is 0 Å². The second-order valence-corrected chi connectivity index (χ2v) is 6.14. The molecule has 1 fully saturated rings. The van der Waals surface area contributed by atoms with Gasteiger partial charge in [0, 0.05) is 31.2 Å². The predicted octanol–water partition coefficient (Wildman–Crippen LogP) is 3.39. The van der Waals surface area contributed by atoms with Gasteiger partial charge in [0.15, 0.2) is 0 Å². The predicted molar refractivity (Wildman–Crippen MR) is 84.3 cm³/mol. The number of rotatable bonds is 4. The van der Waals surface area contributed by atoms with Gasteiger partial charge in [-0.3, -0.25) is 0 Å². The van der Waals surface area contributed by atoms with E-state index in [1.807, 2.05) is 18.2 Å². The first kappa shape index (κ1) is 13.4. The third-order valence-corrected chi connectivity index (χ3v) is 4.54. The van der Waals surface area contributed by atoms with Crippen molar-refractivity contribution >= 4 is 22.6 Å². The molecule has 20 heavy (non-hydrogen) atoms. The normalized spacial score (nSPS) is 16.4. The molecule has 1 aliphatic heterocycles. The van der Waals surface area contributed by atoms with Gasteiger partial charge in [0.1, 0.15) is 0 Å². The highest BCUT2D eigenvalue weighted by molar-refractivity contribution is 7.09. The Morgan fingerprint density at radius 2 is 2.00 bits per heavy atom. The molecular weight excluding hydrogens is 268 g/mol. The summed E-state index contributed by atoms with van der Waals surface area (Å²) >= 11 is 1.49. The minimum atomic E-state index is 0.743. The van der Waals surface area contributed by atoms with Crippen LogP contribution in [0, 0.1) is 5.92 Å². The molecule has 2 aromatic rings. The molecule has 3 rings (SSSR count). The monoisotopic (exact) mass is 288 g/mol. The molecule has 2 heterocycles. The van der Waals surface area contributed by atoms with Crippen LogP contribution in [0.2, 0.25) is 0 Å². The zero-order valence-corrected chi connectivity index (χ0v) is 12.6. The second kappa shape index (κ2) is 6.22. The smallest absolute Gasteiger partial charge is 0.236 e. The highest BCUT2D eigenvalue weighted by Crippen LogP contribution is 2.25. The standard InChI is InChI=1S/C15H20N4S/c1-12-7-9-19(10-8-12)15-17-14(18-20-15)16-11-13-5-3-2-4-6-13/h2-6,12H,7-11H2,1H3,(H,16,18). The van der Waals surface area contributed by atoms with Gasteiger partial charge in [-0.2, -0.15) is 9.36 Å². The fraction of sp³-hybridized carbons (Fsp3) is 0.467. The number of nitrogens with zero attached hydrogens (tertiary/aromatic N) is 3. The minimum absolute atomic E-state index is 0.743. The van der Waals surface area contributed by atoms with Crippen LogP contribution in [-0.2, 0) is 6.54 Å². The molecular formula is C15H20N4S. The summed E-state index contributed by atoms with van der Waals surface area (Å²) in [5.41, 5.74) is 1.25. The summed E-state index contributed by atoms with van der Waals surface area (Å²) in [7, 11) is 0. The van der Waals surface area contributed by atoms with Crippen LogP contribution in [0.1, 0.15) is 25.3 Å². The van der Waals surface area contributed by atoms with Crippen molar-refractivity contribution in [1.29, 1.82) is 0 Å². The van der Waals surface area contributed by atoms with Crippen LogP contribution in [0.15, 0.2) is 30.3 Å². The molecule has 4 nitrogen and oxygen atoms in total. The number of nitrogens with one attached hydrogen (secondary N) is 1.